The van der Waals surface area contributed by atoms with E-state index in [2.05, 4.69) is 41.2 Å². The molecule has 5 heteroatoms. The third-order valence-electron chi connectivity index (χ3n) is 3.26. The highest BCUT2D eigenvalue weighted by Gasteiger charge is 2.13. The van der Waals surface area contributed by atoms with Gasteiger partial charge in [0.1, 0.15) is 10.5 Å². The van der Waals surface area contributed by atoms with Crippen LogP contribution >= 0.6 is 24.0 Å². The molecule has 0 spiro atoms. The Kier molecular flexibility index (Phi) is 4.19. The van der Waals surface area contributed by atoms with Crippen molar-refractivity contribution >= 4 is 24.0 Å². The zero-order valence-electron chi connectivity index (χ0n) is 11.3. The van der Waals surface area contributed by atoms with Gasteiger partial charge in [-0.25, -0.2) is 4.98 Å². The molecule has 104 valence electrons. The standard InChI is InChI=1S/C15H16N2OS2/c1-10-3-2-4-11(7-10)20-9-14-16-13-5-6-18-8-12(13)15(19)17-14/h2-4,7H,5-6,8-9H2,1H3,(H,16,17,19). The fourth-order valence-corrected chi connectivity index (χ4v) is 3.41. The van der Waals surface area contributed by atoms with E-state index in [0.29, 0.717) is 11.2 Å². The quantitative estimate of drug-likeness (QED) is 0.691. The first-order valence-corrected chi connectivity index (χ1v) is 8.00. The smallest absolute Gasteiger partial charge is 0.135 e. The zero-order chi connectivity index (χ0) is 13.9. The molecule has 1 aromatic carbocycles. The van der Waals surface area contributed by atoms with E-state index in [4.69, 9.17) is 17.0 Å². The number of nitrogens with one attached hydrogen (secondary N) is 1. The van der Waals surface area contributed by atoms with Gasteiger partial charge in [-0.1, -0.05) is 29.9 Å². The average molecular weight is 304 g/mol. The Morgan fingerprint density at radius 3 is 3.20 bits per heavy atom. The van der Waals surface area contributed by atoms with Crippen molar-refractivity contribution in [2.45, 2.75) is 30.6 Å². The number of aromatic nitrogens is 2. The first-order valence-electron chi connectivity index (χ1n) is 6.60. The number of rotatable bonds is 3. The highest BCUT2D eigenvalue weighted by Crippen LogP contribution is 2.23. The third-order valence-corrected chi connectivity index (χ3v) is 4.60. The van der Waals surface area contributed by atoms with Crippen LogP contribution in [0.3, 0.4) is 0 Å². The van der Waals surface area contributed by atoms with Crippen molar-refractivity contribution in [2.24, 2.45) is 0 Å². The van der Waals surface area contributed by atoms with Crippen LogP contribution in [-0.4, -0.2) is 16.6 Å². The molecule has 0 atom stereocenters. The number of H-pyrrole nitrogens is 1. The second-order valence-corrected chi connectivity index (χ2v) is 6.29. The summed E-state index contributed by atoms with van der Waals surface area (Å²) in [5.74, 6) is 1.75. The average Bonchev–Trinajstić information content (AvgIpc) is 2.45. The fraction of sp³-hybridized carbons (Fsp3) is 0.333. The SMILES string of the molecule is Cc1cccc(SCc2nc(=S)c3c([nH]2)CCOC3)c1. The second kappa shape index (κ2) is 6.08. The lowest BCUT2D eigenvalue weighted by molar-refractivity contribution is 0.108. The van der Waals surface area contributed by atoms with E-state index < -0.39 is 0 Å². The van der Waals surface area contributed by atoms with Gasteiger partial charge in [0.05, 0.1) is 19.0 Å². The van der Waals surface area contributed by atoms with Gasteiger partial charge in [0.25, 0.3) is 0 Å². The first kappa shape index (κ1) is 13.8. The maximum atomic E-state index is 5.43. The van der Waals surface area contributed by atoms with Crippen LogP contribution in [0.25, 0.3) is 0 Å². The van der Waals surface area contributed by atoms with E-state index in [1.807, 2.05) is 0 Å². The van der Waals surface area contributed by atoms with Gasteiger partial charge in [0, 0.05) is 22.6 Å². The molecule has 0 bridgehead atoms. The summed E-state index contributed by atoms with van der Waals surface area (Å²) in [4.78, 5) is 9.15. The van der Waals surface area contributed by atoms with E-state index in [9.17, 15) is 0 Å². The summed E-state index contributed by atoms with van der Waals surface area (Å²) in [7, 11) is 0. The number of aryl methyl sites for hydroxylation is 1. The third kappa shape index (κ3) is 3.11. The van der Waals surface area contributed by atoms with Crippen LogP contribution in [0.5, 0.6) is 0 Å². The number of hydrogen-bond donors (Lipinski definition) is 1. The molecule has 0 unspecified atom stereocenters. The lowest BCUT2D eigenvalue weighted by atomic mass is 10.1. The molecule has 0 aliphatic carbocycles. The number of thioether (sulfide) groups is 1. The maximum Gasteiger partial charge on any atom is 0.135 e. The summed E-state index contributed by atoms with van der Waals surface area (Å²) in [6.07, 6.45) is 0.892. The minimum atomic E-state index is 0.586. The van der Waals surface area contributed by atoms with Crippen molar-refractivity contribution in [1.29, 1.82) is 0 Å². The highest BCUT2D eigenvalue weighted by molar-refractivity contribution is 7.98. The van der Waals surface area contributed by atoms with Gasteiger partial charge in [0.15, 0.2) is 0 Å². The summed E-state index contributed by atoms with van der Waals surface area (Å²) in [6.45, 7) is 3.45. The summed E-state index contributed by atoms with van der Waals surface area (Å²) in [6, 6.07) is 8.50. The number of aromatic amines is 1. The molecule has 1 aliphatic rings. The predicted octanol–water partition coefficient (Wildman–Crippen LogP) is 3.81. The molecule has 1 N–H and O–H groups in total. The van der Waals surface area contributed by atoms with E-state index in [-0.39, 0.29) is 0 Å². The van der Waals surface area contributed by atoms with E-state index in [1.165, 1.54) is 16.2 Å². The summed E-state index contributed by atoms with van der Waals surface area (Å²) in [5.41, 5.74) is 3.52. The first-order chi connectivity index (χ1) is 9.72. The molecule has 0 amide bonds. The monoisotopic (exact) mass is 304 g/mol. The summed E-state index contributed by atoms with van der Waals surface area (Å²) in [5, 5.41) is 0. The van der Waals surface area contributed by atoms with E-state index in [0.717, 1.165) is 30.2 Å². The lowest BCUT2D eigenvalue weighted by Crippen LogP contribution is -2.14. The number of ether oxygens (including phenoxy) is 1. The molecule has 0 saturated carbocycles. The Labute approximate surface area is 127 Å². The Morgan fingerprint density at radius 1 is 1.45 bits per heavy atom. The van der Waals surface area contributed by atoms with Gasteiger partial charge in [-0.05, 0) is 19.1 Å². The molecule has 0 radical (unpaired) electrons. The van der Waals surface area contributed by atoms with Crippen molar-refractivity contribution < 1.29 is 4.74 Å². The van der Waals surface area contributed by atoms with Crippen molar-refractivity contribution in [1.82, 2.24) is 9.97 Å². The van der Waals surface area contributed by atoms with E-state index >= 15 is 0 Å². The topological polar surface area (TPSA) is 37.9 Å². The second-order valence-electron chi connectivity index (χ2n) is 4.85. The number of nitrogens with zero attached hydrogens (tertiary/aromatic N) is 1. The predicted molar refractivity (Wildman–Crippen MR) is 83.5 cm³/mol. The molecule has 2 aromatic rings. The molecule has 2 heterocycles. The van der Waals surface area contributed by atoms with Crippen molar-refractivity contribution in [2.75, 3.05) is 6.61 Å². The largest absolute Gasteiger partial charge is 0.376 e. The Bertz CT molecular complexity index is 682. The lowest BCUT2D eigenvalue weighted by Gasteiger charge is -2.17. The van der Waals surface area contributed by atoms with Crippen LogP contribution in [0.15, 0.2) is 29.2 Å². The Morgan fingerprint density at radius 2 is 2.35 bits per heavy atom. The summed E-state index contributed by atoms with van der Waals surface area (Å²) < 4.78 is 6.11. The molecule has 0 fully saturated rings. The van der Waals surface area contributed by atoms with Gasteiger partial charge in [-0.15, -0.1) is 11.8 Å². The molecular formula is C15H16N2OS2. The fourth-order valence-electron chi connectivity index (χ4n) is 2.23. The minimum absolute atomic E-state index is 0.586. The molecule has 1 aliphatic heterocycles. The zero-order valence-corrected chi connectivity index (χ0v) is 12.9. The normalized spacial score (nSPS) is 14.1. The van der Waals surface area contributed by atoms with Crippen molar-refractivity contribution in [3.05, 3.63) is 51.6 Å². The molecular weight excluding hydrogens is 288 g/mol. The van der Waals surface area contributed by atoms with E-state index in [1.54, 1.807) is 11.8 Å². The van der Waals surface area contributed by atoms with Gasteiger partial charge in [0.2, 0.25) is 0 Å². The summed E-state index contributed by atoms with van der Waals surface area (Å²) >= 11 is 7.13. The number of fused-ring (bicyclic) bond motifs is 1. The molecule has 3 nitrogen and oxygen atoms in total. The van der Waals surface area contributed by atoms with Gasteiger partial charge < -0.3 is 9.72 Å². The van der Waals surface area contributed by atoms with Crippen LogP contribution in [0.4, 0.5) is 0 Å². The number of hydrogen-bond acceptors (Lipinski definition) is 4. The van der Waals surface area contributed by atoms with Gasteiger partial charge >= 0.3 is 0 Å². The number of benzene rings is 1. The van der Waals surface area contributed by atoms with Crippen LogP contribution in [-0.2, 0) is 23.5 Å². The minimum Gasteiger partial charge on any atom is -0.376 e. The Hall–Kier alpha value is -1.17. The molecule has 20 heavy (non-hydrogen) atoms. The Balaban J connectivity index is 1.78. The molecule has 3 rings (SSSR count). The molecule has 1 aromatic heterocycles. The van der Waals surface area contributed by atoms with Crippen molar-refractivity contribution in [3.63, 3.8) is 0 Å². The van der Waals surface area contributed by atoms with Gasteiger partial charge in [-0.2, -0.15) is 0 Å². The van der Waals surface area contributed by atoms with Gasteiger partial charge in [-0.3, -0.25) is 0 Å². The van der Waals surface area contributed by atoms with Crippen LogP contribution in [0.1, 0.15) is 22.6 Å². The molecule has 0 saturated heterocycles. The van der Waals surface area contributed by atoms with Crippen molar-refractivity contribution in [3.8, 4) is 0 Å². The maximum absolute atomic E-state index is 5.43. The van der Waals surface area contributed by atoms with Crippen LogP contribution in [0.2, 0.25) is 0 Å². The van der Waals surface area contributed by atoms with Crippen LogP contribution in [0, 0.1) is 11.6 Å². The van der Waals surface area contributed by atoms with Crippen LogP contribution < -0.4 is 0 Å². The highest BCUT2D eigenvalue weighted by atomic mass is 32.2.